The topological polar surface area (TPSA) is 76.3 Å². The minimum atomic E-state index is -0.0773. The maximum absolute atomic E-state index is 12.1. The summed E-state index contributed by atoms with van der Waals surface area (Å²) in [4.78, 5) is 32.5. The van der Waals surface area contributed by atoms with E-state index in [2.05, 4.69) is 40.7 Å². The van der Waals surface area contributed by atoms with Gasteiger partial charge >= 0.3 is 0 Å². The maximum Gasteiger partial charge on any atom is 0.268 e. The second-order valence-electron chi connectivity index (χ2n) is 8.44. The maximum atomic E-state index is 12.1. The molecule has 8 nitrogen and oxygen atoms in total. The van der Waals surface area contributed by atoms with E-state index >= 15 is 0 Å². The van der Waals surface area contributed by atoms with Crippen molar-refractivity contribution in [3.8, 4) is 0 Å². The SMILES string of the molecule is Cn1c(CN2CCN(CCn3nc(C(C)(C)C)ccc3=O)CC2)cncc1=O. The van der Waals surface area contributed by atoms with Gasteiger partial charge in [-0.15, -0.1) is 0 Å². The lowest BCUT2D eigenvalue weighted by atomic mass is 9.92. The lowest BCUT2D eigenvalue weighted by Gasteiger charge is -2.34. The van der Waals surface area contributed by atoms with Crippen LogP contribution >= 0.6 is 0 Å². The van der Waals surface area contributed by atoms with Crippen LogP contribution in [0.4, 0.5) is 0 Å². The molecule has 3 heterocycles. The number of nitrogens with zero attached hydrogens (tertiary/aromatic N) is 6. The normalized spacial score (nSPS) is 16.4. The molecule has 3 rings (SSSR count). The monoisotopic (exact) mass is 386 g/mol. The number of hydrogen-bond donors (Lipinski definition) is 0. The largest absolute Gasteiger partial charge is 0.312 e. The molecule has 2 aromatic rings. The Morgan fingerprint density at radius 2 is 1.61 bits per heavy atom. The molecule has 0 unspecified atom stereocenters. The predicted molar refractivity (Wildman–Crippen MR) is 108 cm³/mol. The van der Waals surface area contributed by atoms with Crippen LogP contribution in [0.5, 0.6) is 0 Å². The van der Waals surface area contributed by atoms with E-state index in [1.807, 2.05) is 6.07 Å². The molecule has 2 aromatic heterocycles. The number of piperazine rings is 1. The van der Waals surface area contributed by atoms with Crippen molar-refractivity contribution in [2.24, 2.45) is 7.05 Å². The van der Waals surface area contributed by atoms with Crippen molar-refractivity contribution >= 4 is 0 Å². The molecular formula is C20H30N6O2. The van der Waals surface area contributed by atoms with Crippen molar-refractivity contribution in [3.63, 3.8) is 0 Å². The summed E-state index contributed by atoms with van der Waals surface area (Å²) in [7, 11) is 1.78. The van der Waals surface area contributed by atoms with Gasteiger partial charge in [0.15, 0.2) is 0 Å². The summed E-state index contributed by atoms with van der Waals surface area (Å²) in [5.74, 6) is 0. The van der Waals surface area contributed by atoms with Crippen LogP contribution < -0.4 is 11.1 Å². The fourth-order valence-electron chi connectivity index (χ4n) is 3.29. The highest BCUT2D eigenvalue weighted by Gasteiger charge is 2.19. The van der Waals surface area contributed by atoms with Gasteiger partial charge in [-0.2, -0.15) is 5.10 Å². The van der Waals surface area contributed by atoms with Gasteiger partial charge in [-0.05, 0) is 6.07 Å². The zero-order valence-corrected chi connectivity index (χ0v) is 17.3. The molecular weight excluding hydrogens is 356 g/mol. The molecule has 0 spiro atoms. The van der Waals surface area contributed by atoms with Gasteiger partial charge in [0.05, 0.1) is 24.1 Å². The third-order valence-corrected chi connectivity index (χ3v) is 5.28. The van der Waals surface area contributed by atoms with E-state index in [0.29, 0.717) is 6.54 Å². The summed E-state index contributed by atoms with van der Waals surface area (Å²) in [5.41, 5.74) is 1.65. The van der Waals surface area contributed by atoms with Gasteiger partial charge in [0.2, 0.25) is 0 Å². The smallest absolute Gasteiger partial charge is 0.268 e. The molecule has 0 radical (unpaired) electrons. The molecule has 152 valence electrons. The summed E-state index contributed by atoms with van der Waals surface area (Å²) < 4.78 is 3.23. The fraction of sp³-hybridized carbons (Fsp3) is 0.600. The summed E-state index contributed by atoms with van der Waals surface area (Å²) in [5, 5.41) is 4.54. The highest BCUT2D eigenvalue weighted by molar-refractivity contribution is 5.10. The fourth-order valence-corrected chi connectivity index (χ4v) is 3.29. The average molecular weight is 387 g/mol. The molecule has 1 saturated heterocycles. The van der Waals surface area contributed by atoms with Gasteiger partial charge < -0.3 is 4.57 Å². The van der Waals surface area contributed by atoms with Crippen LogP contribution in [0.1, 0.15) is 32.2 Å². The van der Waals surface area contributed by atoms with Crippen molar-refractivity contribution in [3.05, 3.63) is 56.6 Å². The van der Waals surface area contributed by atoms with Crippen molar-refractivity contribution in [2.75, 3.05) is 32.7 Å². The van der Waals surface area contributed by atoms with Crippen LogP contribution in [-0.4, -0.2) is 61.9 Å². The van der Waals surface area contributed by atoms with Crippen LogP contribution in [0, 0.1) is 0 Å². The van der Waals surface area contributed by atoms with E-state index in [1.165, 1.54) is 6.20 Å². The Balaban J connectivity index is 1.53. The molecule has 1 fully saturated rings. The molecule has 0 amide bonds. The second-order valence-corrected chi connectivity index (χ2v) is 8.44. The van der Waals surface area contributed by atoms with Crippen LogP contribution in [0.2, 0.25) is 0 Å². The predicted octanol–water partition coefficient (Wildman–Crippen LogP) is 0.452. The summed E-state index contributed by atoms with van der Waals surface area (Å²) >= 11 is 0. The Morgan fingerprint density at radius 3 is 2.29 bits per heavy atom. The highest BCUT2D eigenvalue weighted by atomic mass is 16.1. The minimum absolute atomic E-state index is 0.0517. The van der Waals surface area contributed by atoms with E-state index in [4.69, 9.17) is 0 Å². The van der Waals surface area contributed by atoms with Crippen molar-refractivity contribution in [1.82, 2.24) is 29.1 Å². The quantitative estimate of drug-likeness (QED) is 0.743. The van der Waals surface area contributed by atoms with Gasteiger partial charge in [-0.25, -0.2) is 4.68 Å². The lowest BCUT2D eigenvalue weighted by molar-refractivity contribution is 0.120. The first-order valence-corrected chi connectivity index (χ1v) is 9.77. The Bertz CT molecular complexity index is 919. The minimum Gasteiger partial charge on any atom is -0.312 e. The van der Waals surface area contributed by atoms with E-state index in [1.54, 1.807) is 28.6 Å². The number of hydrogen-bond acceptors (Lipinski definition) is 6. The Hall–Kier alpha value is -2.32. The van der Waals surface area contributed by atoms with Gasteiger partial charge in [0, 0.05) is 64.0 Å². The summed E-state index contributed by atoms with van der Waals surface area (Å²) in [6.45, 7) is 12.1. The number of rotatable bonds is 5. The van der Waals surface area contributed by atoms with Crippen LogP contribution in [0.25, 0.3) is 0 Å². The first kappa shape index (κ1) is 20.4. The molecule has 0 saturated carbocycles. The lowest BCUT2D eigenvalue weighted by Crippen LogP contribution is -2.47. The molecule has 0 atom stereocenters. The molecule has 28 heavy (non-hydrogen) atoms. The molecule has 0 aliphatic carbocycles. The standard InChI is InChI=1S/C20H30N6O2/c1-20(2,3)17-5-6-18(27)26(22-17)12-11-24-7-9-25(10-8-24)15-16-13-21-14-19(28)23(16)4/h5-6,13-14H,7-12,15H2,1-4H3. The summed E-state index contributed by atoms with van der Waals surface area (Å²) in [6.07, 6.45) is 3.10. The third kappa shape index (κ3) is 4.94. The van der Waals surface area contributed by atoms with Crippen molar-refractivity contribution in [1.29, 1.82) is 0 Å². The zero-order chi connectivity index (χ0) is 20.3. The summed E-state index contributed by atoms with van der Waals surface area (Å²) in [6, 6.07) is 3.44. The third-order valence-electron chi connectivity index (χ3n) is 5.28. The van der Waals surface area contributed by atoms with Gasteiger partial charge in [-0.1, -0.05) is 20.8 Å². The zero-order valence-electron chi connectivity index (χ0n) is 17.3. The van der Waals surface area contributed by atoms with E-state index < -0.39 is 0 Å². The Kier molecular flexibility index (Phi) is 6.10. The molecule has 0 bridgehead atoms. The molecule has 0 aromatic carbocycles. The van der Waals surface area contributed by atoms with Gasteiger partial charge in [-0.3, -0.25) is 24.4 Å². The highest BCUT2D eigenvalue weighted by Crippen LogP contribution is 2.18. The second kappa shape index (κ2) is 8.36. The number of aromatic nitrogens is 4. The van der Waals surface area contributed by atoms with Crippen LogP contribution in [0.3, 0.4) is 0 Å². The average Bonchev–Trinajstić information content (AvgIpc) is 2.65. The first-order chi connectivity index (χ1) is 13.2. The van der Waals surface area contributed by atoms with E-state index in [0.717, 1.165) is 50.7 Å². The first-order valence-electron chi connectivity index (χ1n) is 9.77. The van der Waals surface area contributed by atoms with E-state index in [-0.39, 0.29) is 16.5 Å². The van der Waals surface area contributed by atoms with Crippen molar-refractivity contribution in [2.45, 2.75) is 39.3 Å². The Morgan fingerprint density at radius 1 is 0.929 bits per heavy atom. The molecule has 1 aliphatic heterocycles. The molecule has 1 aliphatic rings. The van der Waals surface area contributed by atoms with Crippen molar-refractivity contribution < 1.29 is 0 Å². The van der Waals surface area contributed by atoms with Gasteiger partial charge in [0.25, 0.3) is 11.1 Å². The van der Waals surface area contributed by atoms with E-state index in [9.17, 15) is 9.59 Å². The van der Waals surface area contributed by atoms with Crippen LogP contribution in [0.15, 0.2) is 34.1 Å². The van der Waals surface area contributed by atoms with Crippen LogP contribution in [-0.2, 0) is 25.6 Å². The van der Waals surface area contributed by atoms with Gasteiger partial charge in [0.1, 0.15) is 0 Å². The Labute approximate surface area is 165 Å². The molecule has 8 heteroatoms. The molecule has 0 N–H and O–H groups in total.